The van der Waals surface area contributed by atoms with E-state index >= 15 is 0 Å². The Kier molecular flexibility index (Phi) is 9.53. The fourth-order valence-corrected chi connectivity index (χ4v) is 3.90. The highest BCUT2D eigenvalue weighted by Gasteiger charge is 2.16. The maximum absolute atomic E-state index is 12.6. The summed E-state index contributed by atoms with van der Waals surface area (Å²) >= 11 is 1.33. The first-order valence-electron chi connectivity index (χ1n) is 11.1. The van der Waals surface area contributed by atoms with Crippen LogP contribution in [-0.4, -0.2) is 46.6 Å². The zero-order valence-electron chi connectivity index (χ0n) is 19.1. The molecule has 3 rings (SSSR count). The summed E-state index contributed by atoms with van der Waals surface area (Å²) in [4.78, 5) is 26.8. The summed E-state index contributed by atoms with van der Waals surface area (Å²) < 4.78 is 5.59. The fourth-order valence-electron chi connectivity index (χ4n) is 3.14. The molecule has 0 atom stereocenters. The maximum atomic E-state index is 12.6. The molecule has 0 fully saturated rings. The predicted octanol–water partition coefficient (Wildman–Crippen LogP) is 4.69. The summed E-state index contributed by atoms with van der Waals surface area (Å²) in [7, 11) is 0. The Morgan fingerprint density at radius 1 is 1.03 bits per heavy atom. The van der Waals surface area contributed by atoms with Gasteiger partial charge in [0.15, 0.2) is 0 Å². The lowest BCUT2D eigenvalue weighted by Crippen LogP contribution is -2.37. The smallest absolute Gasteiger partial charge is 0.248 e. The van der Waals surface area contributed by atoms with Crippen molar-refractivity contribution in [2.45, 2.75) is 39.7 Å². The van der Waals surface area contributed by atoms with E-state index < -0.39 is 0 Å². The van der Waals surface area contributed by atoms with Gasteiger partial charge in [0.25, 0.3) is 0 Å². The average Bonchev–Trinajstić information content (AvgIpc) is 3.28. The van der Waals surface area contributed by atoms with Crippen LogP contribution in [0, 0.1) is 6.92 Å². The zero-order chi connectivity index (χ0) is 23.5. The van der Waals surface area contributed by atoms with Gasteiger partial charge in [-0.25, -0.2) is 0 Å². The average molecular weight is 467 g/mol. The standard InChI is InChI=1S/C25H30N4O3S/c1-3-4-15-29(23(31)18-32-17-20-8-6-5-7-9-20)16-14-22(30)26-25-28-27-24(33-25)21-12-10-19(2)11-13-21/h5-13H,3-4,14-18H2,1-2H3,(H,26,28,30). The van der Waals surface area contributed by atoms with Crippen LogP contribution in [0.25, 0.3) is 10.6 Å². The summed E-state index contributed by atoms with van der Waals surface area (Å²) in [6, 6.07) is 17.7. The van der Waals surface area contributed by atoms with Crippen LogP contribution in [-0.2, 0) is 20.9 Å². The molecule has 2 amide bonds. The van der Waals surface area contributed by atoms with Crippen LogP contribution in [0.5, 0.6) is 0 Å². The normalized spacial score (nSPS) is 10.7. The number of rotatable bonds is 12. The second-order valence-electron chi connectivity index (χ2n) is 7.79. The summed E-state index contributed by atoms with van der Waals surface area (Å²) in [6.07, 6.45) is 2.03. The number of aryl methyl sites for hydroxylation is 1. The van der Waals surface area contributed by atoms with E-state index in [2.05, 4.69) is 22.4 Å². The number of amides is 2. The molecule has 8 heteroatoms. The number of hydrogen-bond donors (Lipinski definition) is 1. The van der Waals surface area contributed by atoms with Crippen molar-refractivity contribution in [3.05, 3.63) is 65.7 Å². The molecule has 3 aromatic rings. The van der Waals surface area contributed by atoms with Crippen molar-refractivity contribution in [3.63, 3.8) is 0 Å². The first kappa shape index (κ1) is 24.5. The van der Waals surface area contributed by atoms with Crippen LogP contribution < -0.4 is 5.32 Å². The van der Waals surface area contributed by atoms with Gasteiger partial charge in [0.05, 0.1) is 6.61 Å². The Balaban J connectivity index is 1.47. The molecule has 0 radical (unpaired) electrons. The van der Waals surface area contributed by atoms with Crippen LogP contribution >= 0.6 is 11.3 Å². The number of hydrogen-bond acceptors (Lipinski definition) is 6. The van der Waals surface area contributed by atoms with Gasteiger partial charge < -0.3 is 15.0 Å². The Morgan fingerprint density at radius 3 is 2.52 bits per heavy atom. The molecular weight excluding hydrogens is 436 g/mol. The topological polar surface area (TPSA) is 84.4 Å². The van der Waals surface area contributed by atoms with Crippen molar-refractivity contribution < 1.29 is 14.3 Å². The lowest BCUT2D eigenvalue weighted by molar-refractivity contribution is -0.137. The number of anilines is 1. The van der Waals surface area contributed by atoms with Gasteiger partial charge in [0, 0.05) is 25.1 Å². The minimum absolute atomic E-state index is 0.00343. The molecule has 0 aliphatic carbocycles. The van der Waals surface area contributed by atoms with Crippen molar-refractivity contribution in [2.75, 3.05) is 25.0 Å². The number of carbonyl (C=O) groups excluding carboxylic acids is 2. The van der Waals surface area contributed by atoms with Gasteiger partial charge in [0.2, 0.25) is 16.9 Å². The molecule has 0 bridgehead atoms. The number of benzene rings is 2. The Bertz CT molecular complexity index is 1020. The van der Waals surface area contributed by atoms with E-state index in [0.29, 0.717) is 24.8 Å². The second kappa shape index (κ2) is 12.8. The van der Waals surface area contributed by atoms with Gasteiger partial charge in [-0.1, -0.05) is 84.8 Å². The first-order valence-corrected chi connectivity index (χ1v) is 12.0. The Morgan fingerprint density at radius 2 is 1.79 bits per heavy atom. The van der Waals surface area contributed by atoms with Crippen molar-refractivity contribution in [1.29, 1.82) is 0 Å². The van der Waals surface area contributed by atoms with Crippen LogP contribution in [0.3, 0.4) is 0 Å². The maximum Gasteiger partial charge on any atom is 0.248 e. The molecule has 1 N–H and O–H groups in total. The van der Waals surface area contributed by atoms with E-state index in [1.807, 2.05) is 61.5 Å². The van der Waals surface area contributed by atoms with Crippen LogP contribution in [0.1, 0.15) is 37.3 Å². The number of nitrogens with one attached hydrogen (secondary N) is 1. The molecular formula is C25H30N4O3S. The van der Waals surface area contributed by atoms with E-state index in [1.54, 1.807) is 4.90 Å². The molecule has 0 aliphatic heterocycles. The highest BCUT2D eigenvalue weighted by atomic mass is 32.1. The third kappa shape index (κ3) is 8.07. The highest BCUT2D eigenvalue weighted by Crippen LogP contribution is 2.26. The molecule has 0 unspecified atom stereocenters. The lowest BCUT2D eigenvalue weighted by atomic mass is 10.2. The Labute approximate surface area is 198 Å². The van der Waals surface area contributed by atoms with Gasteiger partial charge in [-0.2, -0.15) is 0 Å². The summed E-state index contributed by atoms with van der Waals surface area (Å²) in [5.41, 5.74) is 3.15. The van der Waals surface area contributed by atoms with Crippen molar-refractivity contribution in [2.24, 2.45) is 0 Å². The summed E-state index contributed by atoms with van der Waals surface area (Å²) in [5.74, 6) is -0.300. The molecule has 1 heterocycles. The van der Waals surface area contributed by atoms with E-state index in [-0.39, 0.29) is 24.8 Å². The molecule has 0 spiro atoms. The van der Waals surface area contributed by atoms with E-state index in [4.69, 9.17) is 4.74 Å². The van der Waals surface area contributed by atoms with Gasteiger partial charge in [-0.15, -0.1) is 10.2 Å². The molecule has 7 nitrogen and oxygen atoms in total. The molecule has 33 heavy (non-hydrogen) atoms. The SMILES string of the molecule is CCCCN(CCC(=O)Nc1nnc(-c2ccc(C)cc2)s1)C(=O)COCc1ccccc1. The molecule has 0 aliphatic rings. The van der Waals surface area contributed by atoms with E-state index in [1.165, 1.54) is 16.9 Å². The van der Waals surface area contributed by atoms with Gasteiger partial charge >= 0.3 is 0 Å². The number of ether oxygens (including phenoxy) is 1. The lowest BCUT2D eigenvalue weighted by Gasteiger charge is -2.22. The van der Waals surface area contributed by atoms with Crippen molar-refractivity contribution in [3.8, 4) is 10.6 Å². The third-order valence-electron chi connectivity index (χ3n) is 5.05. The minimum Gasteiger partial charge on any atom is -0.367 e. The van der Waals surface area contributed by atoms with Crippen molar-refractivity contribution >= 4 is 28.3 Å². The van der Waals surface area contributed by atoms with Crippen molar-refractivity contribution in [1.82, 2.24) is 15.1 Å². The zero-order valence-corrected chi connectivity index (χ0v) is 19.9. The van der Waals surface area contributed by atoms with E-state index in [9.17, 15) is 9.59 Å². The minimum atomic E-state index is -0.193. The van der Waals surface area contributed by atoms with Gasteiger partial charge in [-0.05, 0) is 18.9 Å². The van der Waals surface area contributed by atoms with Crippen LogP contribution in [0.4, 0.5) is 5.13 Å². The number of carbonyl (C=O) groups is 2. The summed E-state index contributed by atoms with van der Waals surface area (Å²) in [6.45, 7) is 5.42. The van der Waals surface area contributed by atoms with E-state index in [0.717, 1.165) is 29.0 Å². The van der Waals surface area contributed by atoms with Crippen LogP contribution in [0.2, 0.25) is 0 Å². The molecule has 0 saturated carbocycles. The predicted molar refractivity (Wildman–Crippen MR) is 131 cm³/mol. The van der Waals surface area contributed by atoms with Gasteiger partial charge in [-0.3, -0.25) is 9.59 Å². The highest BCUT2D eigenvalue weighted by molar-refractivity contribution is 7.18. The fraction of sp³-hybridized carbons (Fsp3) is 0.360. The number of unbranched alkanes of at least 4 members (excludes halogenated alkanes) is 1. The summed E-state index contributed by atoms with van der Waals surface area (Å²) in [5, 5.41) is 12.2. The van der Waals surface area contributed by atoms with Crippen LogP contribution in [0.15, 0.2) is 54.6 Å². The molecule has 174 valence electrons. The largest absolute Gasteiger partial charge is 0.367 e. The molecule has 2 aromatic carbocycles. The number of nitrogens with zero attached hydrogens (tertiary/aromatic N) is 3. The van der Waals surface area contributed by atoms with Gasteiger partial charge in [0.1, 0.15) is 11.6 Å². The third-order valence-corrected chi connectivity index (χ3v) is 5.94. The molecule has 1 aromatic heterocycles. The molecule has 0 saturated heterocycles. The monoisotopic (exact) mass is 466 g/mol. The number of aromatic nitrogens is 2. The quantitative estimate of drug-likeness (QED) is 0.419. The second-order valence-corrected chi connectivity index (χ2v) is 8.77. The first-order chi connectivity index (χ1) is 16.0. The Hall–Kier alpha value is -3.10.